The minimum Gasteiger partial charge on any atom is -0.311 e. The molecule has 0 amide bonds. The quantitative estimate of drug-likeness (QED) is 0.129. The molecule has 6 heteroatoms. The average molecular weight is 1480 g/mol. The third kappa shape index (κ3) is 9.13. The van der Waals surface area contributed by atoms with Crippen LogP contribution >= 0.6 is 0 Å². The molecule has 4 aliphatic heterocycles. The van der Waals surface area contributed by atoms with Gasteiger partial charge in [-0.15, -0.1) is 0 Å². The summed E-state index contributed by atoms with van der Waals surface area (Å²) in [5, 5.41) is 30.1. The molecule has 0 unspecified atom stereocenters. The van der Waals surface area contributed by atoms with Crippen LogP contribution in [-0.2, 0) is 10.8 Å². The Hall–Kier alpha value is -13.9. The van der Waals surface area contributed by atoms with E-state index < -0.39 is 0 Å². The van der Waals surface area contributed by atoms with Crippen LogP contribution in [-0.4, -0.2) is 13.4 Å². The van der Waals surface area contributed by atoms with Gasteiger partial charge >= 0.3 is 0 Å². The molecule has 25 rings (SSSR count). The summed E-state index contributed by atoms with van der Waals surface area (Å²) in [5.74, 6) is 0. The zero-order chi connectivity index (χ0) is 76.9. The van der Waals surface area contributed by atoms with Gasteiger partial charge in [-0.1, -0.05) is 302 Å². The van der Waals surface area contributed by atoms with Gasteiger partial charge in [0, 0.05) is 68.2 Å². The Balaban J connectivity index is 0.813. The minimum absolute atomic E-state index is 0.204. The summed E-state index contributed by atoms with van der Waals surface area (Å²) in [6.07, 6.45) is 0. The fourth-order valence-electron chi connectivity index (χ4n) is 21.5. The Kier molecular flexibility index (Phi) is 13.5. The van der Waals surface area contributed by atoms with Gasteiger partial charge in [-0.25, -0.2) is 0 Å². The van der Waals surface area contributed by atoms with Crippen LogP contribution in [0.5, 0.6) is 0 Å². The topological polar surface area (TPSA) is 13.0 Å². The molecule has 0 N–H and O–H groups in total. The molecule has 4 aliphatic rings. The highest BCUT2D eigenvalue weighted by Gasteiger charge is 2.49. The fourth-order valence-corrected chi connectivity index (χ4v) is 21.5. The fraction of sp³-hybridized carbons (Fsp3) is 0.0727. The Morgan fingerprint density at radius 2 is 0.362 bits per heavy atom. The molecule has 0 radical (unpaired) electrons. The Morgan fingerprint density at radius 1 is 0.164 bits per heavy atom. The molecule has 116 heavy (non-hydrogen) atoms. The van der Waals surface area contributed by atoms with Gasteiger partial charge in [-0.3, -0.25) is 0 Å². The van der Waals surface area contributed by atoms with E-state index in [4.69, 9.17) is 0 Å². The normalized spacial score (nSPS) is 13.7. The first kappa shape index (κ1) is 65.6. The van der Waals surface area contributed by atoms with Crippen LogP contribution in [0.2, 0.25) is 0 Å². The van der Waals surface area contributed by atoms with E-state index in [2.05, 4.69) is 413 Å². The zero-order valence-electron chi connectivity index (χ0n) is 65.4. The SMILES string of the molecule is CC(C)(C)c1cc2c3c(c1)N(c1ccc4c5ccccc5c5ccccc5c4c1)c1cc4c(cc1B3c1ccccc1N2c1ccc2c3ccccc3c3ccccc3c2c1)B1c2ccccc2N(c2ccc3c5ccccc5c5ccccc5c3c2)c2cc(C(C)(C)C)cc(c21)N4c1ccc2c3ccccc3c3ccccc3c2c1. The maximum absolute atomic E-state index is 2.72. The number of benzene rings is 21. The van der Waals surface area contributed by atoms with Crippen LogP contribution in [0.4, 0.5) is 68.2 Å². The largest absolute Gasteiger partial charge is 0.311 e. The van der Waals surface area contributed by atoms with E-state index in [-0.39, 0.29) is 24.3 Å². The summed E-state index contributed by atoms with van der Waals surface area (Å²) in [5.41, 5.74) is 23.6. The van der Waals surface area contributed by atoms with Crippen LogP contribution in [0, 0.1) is 0 Å². The van der Waals surface area contributed by atoms with E-state index in [1.165, 1.54) is 207 Å². The predicted molar refractivity (Wildman–Crippen MR) is 502 cm³/mol. The number of anilines is 12. The number of fused-ring (bicyclic) bond motifs is 32. The van der Waals surface area contributed by atoms with Gasteiger partial charge in [0.2, 0.25) is 0 Å². The summed E-state index contributed by atoms with van der Waals surface area (Å²) in [6, 6.07) is 136. The molecule has 542 valence electrons. The van der Waals surface area contributed by atoms with Crippen molar-refractivity contribution in [3.63, 3.8) is 0 Å². The molecular weight excluding hydrogens is 1400 g/mol. The maximum Gasteiger partial charge on any atom is 0.252 e. The lowest BCUT2D eigenvalue weighted by Crippen LogP contribution is -2.65. The molecule has 0 bridgehead atoms. The van der Waals surface area contributed by atoms with E-state index in [9.17, 15) is 0 Å². The Labute approximate surface area is 674 Å². The highest BCUT2D eigenvalue weighted by molar-refractivity contribution is 7.03. The third-order valence-electron chi connectivity index (χ3n) is 26.7. The Bertz CT molecular complexity index is 7390. The molecule has 21 aromatic rings. The van der Waals surface area contributed by atoms with Crippen LogP contribution in [0.25, 0.3) is 129 Å². The zero-order valence-corrected chi connectivity index (χ0v) is 65.4. The van der Waals surface area contributed by atoms with E-state index in [0.29, 0.717) is 0 Å². The Morgan fingerprint density at radius 3 is 0.595 bits per heavy atom. The van der Waals surface area contributed by atoms with E-state index >= 15 is 0 Å². The predicted octanol–water partition coefficient (Wildman–Crippen LogP) is 26.3. The number of hydrogen-bond acceptors (Lipinski definition) is 4. The van der Waals surface area contributed by atoms with Crippen LogP contribution in [0.3, 0.4) is 0 Å². The van der Waals surface area contributed by atoms with Gasteiger partial charge in [0.25, 0.3) is 13.4 Å². The molecule has 0 atom stereocenters. The lowest BCUT2D eigenvalue weighted by atomic mass is 9.30. The molecule has 0 aliphatic carbocycles. The molecule has 4 nitrogen and oxygen atoms in total. The lowest BCUT2D eigenvalue weighted by Gasteiger charge is -2.48. The lowest BCUT2D eigenvalue weighted by molar-refractivity contribution is 0.590. The summed E-state index contributed by atoms with van der Waals surface area (Å²) >= 11 is 0. The molecule has 0 saturated carbocycles. The summed E-state index contributed by atoms with van der Waals surface area (Å²) in [6.45, 7) is 14.0. The second-order valence-electron chi connectivity index (χ2n) is 34.9. The summed E-state index contributed by atoms with van der Waals surface area (Å²) < 4.78 is 0. The number of hydrogen-bond donors (Lipinski definition) is 0. The van der Waals surface area contributed by atoms with E-state index in [1.807, 2.05) is 0 Å². The van der Waals surface area contributed by atoms with Crippen molar-refractivity contribution in [1.29, 1.82) is 0 Å². The van der Waals surface area contributed by atoms with Crippen molar-refractivity contribution >= 4 is 244 Å². The second kappa shape index (κ2) is 23.8. The van der Waals surface area contributed by atoms with Crippen molar-refractivity contribution in [1.82, 2.24) is 0 Å². The first-order valence-electron chi connectivity index (χ1n) is 41.1. The maximum atomic E-state index is 2.72. The highest BCUT2D eigenvalue weighted by Crippen LogP contribution is 2.54. The molecule has 21 aromatic carbocycles. The monoisotopic (exact) mass is 1470 g/mol. The average Bonchev–Trinajstić information content (AvgIpc) is 0.677. The molecule has 0 saturated heterocycles. The van der Waals surface area contributed by atoms with Crippen molar-refractivity contribution in [2.45, 2.75) is 52.4 Å². The van der Waals surface area contributed by atoms with Gasteiger partial charge in [-0.2, -0.15) is 0 Å². The number of nitrogens with zero attached hydrogens (tertiary/aromatic N) is 4. The third-order valence-corrected chi connectivity index (χ3v) is 26.7. The molecule has 4 heterocycles. The van der Waals surface area contributed by atoms with Crippen molar-refractivity contribution in [3.05, 3.63) is 363 Å². The minimum atomic E-state index is -0.270. The smallest absolute Gasteiger partial charge is 0.252 e. The van der Waals surface area contributed by atoms with Gasteiger partial charge in [-0.05, 0) is 275 Å². The van der Waals surface area contributed by atoms with Gasteiger partial charge in [0.15, 0.2) is 0 Å². The van der Waals surface area contributed by atoms with Crippen LogP contribution in [0.15, 0.2) is 352 Å². The van der Waals surface area contributed by atoms with Crippen molar-refractivity contribution < 1.29 is 0 Å². The molecule has 0 fully saturated rings. The van der Waals surface area contributed by atoms with E-state index in [0.717, 1.165) is 34.1 Å². The molecule has 0 spiro atoms. The van der Waals surface area contributed by atoms with E-state index in [1.54, 1.807) is 0 Å². The van der Waals surface area contributed by atoms with Crippen molar-refractivity contribution in [3.8, 4) is 0 Å². The molecular formula is C110H76B2N4. The standard InChI is InChI=1S/C110H76B2N4/c1-109(2,3)65-55-103-107-105(57-65)115(69-49-53-89-81-37-13-9-29-73(81)77-33-17-21-41-85(77)93(89)61-69)101-64-102-98(63-97(101)111(107)95-43-23-25-45-99(95)113(103)67-47-51-87-79-35-11-7-27-71(79)75-31-15-19-39-83(75)91(87)59-67)112-96-44-24-26-46-100(96)114(68-48-52-88-80-36-12-8-28-72(80)76-32-16-20-40-84(76)92(88)60-68)104-56-66(110(4,5)6)58-106(108(104)112)116(102)70-50-54-90-82-38-14-10-30-74(82)78-34-18-22-42-86(78)94(90)62-70/h7-64H,1-6H3. The van der Waals surface area contributed by atoms with Gasteiger partial charge < -0.3 is 19.6 Å². The second-order valence-corrected chi connectivity index (χ2v) is 34.9. The van der Waals surface area contributed by atoms with Crippen molar-refractivity contribution in [2.75, 3.05) is 19.6 Å². The molecule has 0 aromatic heterocycles. The van der Waals surface area contributed by atoms with Gasteiger partial charge in [0.05, 0.1) is 0 Å². The summed E-state index contributed by atoms with van der Waals surface area (Å²) in [7, 11) is 0. The number of rotatable bonds is 4. The van der Waals surface area contributed by atoms with Crippen LogP contribution in [0.1, 0.15) is 52.7 Å². The van der Waals surface area contributed by atoms with Gasteiger partial charge in [0.1, 0.15) is 0 Å². The van der Waals surface area contributed by atoms with Crippen molar-refractivity contribution in [2.24, 2.45) is 0 Å². The first-order valence-corrected chi connectivity index (χ1v) is 41.1. The highest BCUT2D eigenvalue weighted by atomic mass is 15.2. The first-order chi connectivity index (χ1) is 56.8. The number of para-hydroxylation sites is 2. The van der Waals surface area contributed by atoms with Crippen LogP contribution < -0.4 is 52.4 Å². The summed E-state index contributed by atoms with van der Waals surface area (Å²) in [4.78, 5) is 10.7.